The predicted molar refractivity (Wildman–Crippen MR) is 57.5 cm³/mol. The molecule has 0 heterocycles. The number of ether oxygens (including phenoxy) is 1. The van der Waals surface area contributed by atoms with Gasteiger partial charge in [-0.25, -0.2) is 4.39 Å². The number of rotatable bonds is 4. The Hall–Kier alpha value is -2.11. The van der Waals surface area contributed by atoms with E-state index < -0.39 is 23.7 Å². The molecule has 1 unspecified atom stereocenters. The normalized spacial score (nSPS) is 11.7. The van der Waals surface area contributed by atoms with Gasteiger partial charge in [0, 0.05) is 5.56 Å². The number of benzene rings is 1. The number of carbonyl (C=O) groups excluding carboxylic acids is 1. The first kappa shape index (κ1) is 13.0. The van der Waals surface area contributed by atoms with E-state index >= 15 is 0 Å². The van der Waals surface area contributed by atoms with E-state index in [1.54, 1.807) is 0 Å². The molecule has 0 aliphatic carbocycles. The number of aliphatic carboxylic acids is 1. The van der Waals surface area contributed by atoms with Gasteiger partial charge in [0.05, 0.1) is 7.11 Å². The molecule has 6 heteroatoms. The molecular weight excluding hydrogens is 229 g/mol. The summed E-state index contributed by atoms with van der Waals surface area (Å²) in [5, 5.41) is 10.8. The van der Waals surface area contributed by atoms with E-state index in [0.717, 1.165) is 6.07 Å². The first-order chi connectivity index (χ1) is 7.95. The van der Waals surface area contributed by atoms with Gasteiger partial charge in [-0.1, -0.05) is 0 Å². The quantitative estimate of drug-likeness (QED) is 0.825. The van der Waals surface area contributed by atoms with Crippen LogP contribution in [0.25, 0.3) is 0 Å². The standard InChI is InChI=1S/C11H12FNO4/c1-6(11(15)16)13-10(14)7-3-4-9(17-2)8(12)5-7/h3-6H,1-2H3,(H,13,14)(H,15,16). The van der Waals surface area contributed by atoms with E-state index in [9.17, 15) is 14.0 Å². The Bertz CT molecular complexity index is 447. The van der Waals surface area contributed by atoms with Crippen molar-refractivity contribution < 1.29 is 23.8 Å². The van der Waals surface area contributed by atoms with Gasteiger partial charge in [-0.05, 0) is 25.1 Å². The molecule has 1 atom stereocenters. The number of carboxylic acids is 1. The fraction of sp³-hybridized carbons (Fsp3) is 0.273. The molecule has 1 rings (SSSR count). The topological polar surface area (TPSA) is 75.6 Å². The maximum atomic E-state index is 13.3. The molecule has 0 saturated carbocycles. The Kier molecular flexibility index (Phi) is 4.03. The zero-order valence-corrected chi connectivity index (χ0v) is 9.36. The van der Waals surface area contributed by atoms with Gasteiger partial charge in [-0.3, -0.25) is 9.59 Å². The van der Waals surface area contributed by atoms with Crippen molar-refractivity contribution in [1.29, 1.82) is 0 Å². The highest BCUT2D eigenvalue weighted by atomic mass is 19.1. The number of halogens is 1. The first-order valence-electron chi connectivity index (χ1n) is 4.83. The summed E-state index contributed by atoms with van der Waals surface area (Å²) in [5.74, 6) is -2.47. The average molecular weight is 241 g/mol. The molecule has 0 radical (unpaired) electrons. The van der Waals surface area contributed by atoms with E-state index in [1.807, 2.05) is 0 Å². The summed E-state index contributed by atoms with van der Waals surface area (Å²) < 4.78 is 18.0. The van der Waals surface area contributed by atoms with E-state index in [4.69, 9.17) is 9.84 Å². The molecule has 0 aliphatic rings. The van der Waals surface area contributed by atoms with Crippen molar-refractivity contribution in [2.24, 2.45) is 0 Å². The molecule has 92 valence electrons. The van der Waals surface area contributed by atoms with E-state index in [-0.39, 0.29) is 11.3 Å². The summed E-state index contributed by atoms with van der Waals surface area (Å²) in [6, 6.07) is 2.61. The highest BCUT2D eigenvalue weighted by molar-refractivity contribution is 5.96. The Labute approximate surface area is 97.2 Å². The van der Waals surface area contributed by atoms with Gasteiger partial charge < -0.3 is 15.2 Å². The van der Waals surface area contributed by atoms with Crippen LogP contribution < -0.4 is 10.1 Å². The SMILES string of the molecule is COc1ccc(C(=O)NC(C)C(=O)O)cc1F. The zero-order valence-electron chi connectivity index (χ0n) is 9.36. The highest BCUT2D eigenvalue weighted by Crippen LogP contribution is 2.17. The van der Waals surface area contributed by atoms with Gasteiger partial charge in [0.25, 0.3) is 5.91 Å². The summed E-state index contributed by atoms with van der Waals surface area (Å²) in [5.41, 5.74) is 0.0383. The van der Waals surface area contributed by atoms with Gasteiger partial charge >= 0.3 is 5.97 Å². The molecule has 17 heavy (non-hydrogen) atoms. The molecule has 5 nitrogen and oxygen atoms in total. The lowest BCUT2D eigenvalue weighted by Crippen LogP contribution is -2.38. The monoisotopic (exact) mass is 241 g/mol. The number of carbonyl (C=O) groups is 2. The average Bonchev–Trinajstić information content (AvgIpc) is 2.28. The summed E-state index contributed by atoms with van der Waals surface area (Å²) >= 11 is 0. The second-order valence-corrected chi connectivity index (χ2v) is 3.38. The summed E-state index contributed by atoms with van der Waals surface area (Å²) in [7, 11) is 1.31. The lowest BCUT2D eigenvalue weighted by atomic mass is 10.2. The fourth-order valence-electron chi connectivity index (χ4n) is 1.15. The molecule has 0 saturated heterocycles. The maximum Gasteiger partial charge on any atom is 0.325 e. The maximum absolute atomic E-state index is 13.3. The fourth-order valence-corrected chi connectivity index (χ4v) is 1.15. The van der Waals surface area contributed by atoms with Crippen molar-refractivity contribution in [3.05, 3.63) is 29.6 Å². The third kappa shape index (κ3) is 3.17. The van der Waals surface area contributed by atoms with Crippen LogP contribution in [0.2, 0.25) is 0 Å². The van der Waals surface area contributed by atoms with Crippen molar-refractivity contribution in [3.8, 4) is 5.75 Å². The first-order valence-corrected chi connectivity index (χ1v) is 4.83. The lowest BCUT2D eigenvalue weighted by Gasteiger charge is -2.09. The van der Waals surface area contributed by atoms with Crippen molar-refractivity contribution in [3.63, 3.8) is 0 Å². The van der Waals surface area contributed by atoms with Gasteiger partial charge in [0.1, 0.15) is 6.04 Å². The number of amides is 1. The molecule has 0 fully saturated rings. The van der Waals surface area contributed by atoms with Crippen LogP contribution in [0.1, 0.15) is 17.3 Å². The summed E-state index contributed by atoms with van der Waals surface area (Å²) in [4.78, 5) is 22.1. The molecule has 2 N–H and O–H groups in total. The molecule has 1 aromatic rings. The Morgan fingerprint density at radius 1 is 1.47 bits per heavy atom. The summed E-state index contributed by atoms with van der Waals surface area (Å²) in [6.07, 6.45) is 0. The van der Waals surface area contributed by atoms with Gasteiger partial charge in [0.2, 0.25) is 0 Å². The smallest absolute Gasteiger partial charge is 0.325 e. The number of methoxy groups -OCH3 is 1. The van der Waals surface area contributed by atoms with Crippen molar-refractivity contribution in [2.75, 3.05) is 7.11 Å². The second-order valence-electron chi connectivity index (χ2n) is 3.38. The molecule has 0 bridgehead atoms. The molecule has 0 aromatic heterocycles. The van der Waals surface area contributed by atoms with Gasteiger partial charge in [-0.2, -0.15) is 0 Å². The molecule has 1 aromatic carbocycles. The molecular formula is C11H12FNO4. The van der Waals surface area contributed by atoms with Crippen LogP contribution in [0.15, 0.2) is 18.2 Å². The summed E-state index contributed by atoms with van der Waals surface area (Å²) in [6.45, 7) is 1.32. The number of hydrogen-bond donors (Lipinski definition) is 2. The van der Waals surface area contributed by atoms with Crippen LogP contribution in [0.5, 0.6) is 5.75 Å². The molecule has 0 aliphatic heterocycles. The van der Waals surface area contributed by atoms with E-state index in [0.29, 0.717) is 0 Å². The third-order valence-electron chi connectivity index (χ3n) is 2.13. The second kappa shape index (κ2) is 5.29. The minimum atomic E-state index is -1.16. The van der Waals surface area contributed by atoms with Gasteiger partial charge in [-0.15, -0.1) is 0 Å². The van der Waals surface area contributed by atoms with Crippen molar-refractivity contribution in [1.82, 2.24) is 5.32 Å². The van der Waals surface area contributed by atoms with Crippen LogP contribution in [0.3, 0.4) is 0 Å². The van der Waals surface area contributed by atoms with Crippen LogP contribution in [0, 0.1) is 5.82 Å². The van der Waals surface area contributed by atoms with Crippen LogP contribution in [0.4, 0.5) is 4.39 Å². The van der Waals surface area contributed by atoms with Gasteiger partial charge in [0.15, 0.2) is 11.6 Å². The molecule has 0 spiro atoms. The van der Waals surface area contributed by atoms with Crippen LogP contribution in [-0.4, -0.2) is 30.1 Å². The number of carboxylic acid groups (broad SMARTS) is 1. The van der Waals surface area contributed by atoms with Crippen LogP contribution >= 0.6 is 0 Å². The molecule has 1 amide bonds. The largest absolute Gasteiger partial charge is 0.494 e. The predicted octanol–water partition coefficient (Wildman–Crippen LogP) is 1.04. The van der Waals surface area contributed by atoms with E-state index in [2.05, 4.69) is 5.32 Å². The van der Waals surface area contributed by atoms with E-state index in [1.165, 1.54) is 26.2 Å². The lowest BCUT2D eigenvalue weighted by molar-refractivity contribution is -0.138. The van der Waals surface area contributed by atoms with Crippen molar-refractivity contribution in [2.45, 2.75) is 13.0 Å². The highest BCUT2D eigenvalue weighted by Gasteiger charge is 2.16. The number of nitrogens with one attached hydrogen (secondary N) is 1. The number of hydrogen-bond acceptors (Lipinski definition) is 3. The minimum Gasteiger partial charge on any atom is -0.494 e. The Morgan fingerprint density at radius 2 is 2.12 bits per heavy atom. The Morgan fingerprint density at radius 3 is 2.59 bits per heavy atom. The third-order valence-corrected chi connectivity index (χ3v) is 2.13. The van der Waals surface area contributed by atoms with Crippen molar-refractivity contribution >= 4 is 11.9 Å². The van der Waals surface area contributed by atoms with Crippen LogP contribution in [-0.2, 0) is 4.79 Å². The zero-order chi connectivity index (χ0) is 13.0. The minimum absolute atomic E-state index is 0.0211. The Balaban J connectivity index is 2.83.